The van der Waals surface area contributed by atoms with Gasteiger partial charge in [0.1, 0.15) is 5.82 Å². The van der Waals surface area contributed by atoms with E-state index in [9.17, 15) is 9.18 Å². The summed E-state index contributed by atoms with van der Waals surface area (Å²) in [6, 6.07) is 9.26. The van der Waals surface area contributed by atoms with E-state index in [4.69, 9.17) is 5.73 Å². The van der Waals surface area contributed by atoms with Crippen molar-refractivity contribution in [3.8, 4) is 0 Å². The van der Waals surface area contributed by atoms with Gasteiger partial charge in [-0.1, -0.05) is 0 Å². The number of nitrogens with two attached hydrogens (primary N) is 1. The Bertz CT molecular complexity index is 661. The number of benzene rings is 2. The summed E-state index contributed by atoms with van der Waals surface area (Å²) in [6.07, 6.45) is 0. The van der Waals surface area contributed by atoms with Crippen molar-refractivity contribution in [3.05, 3.63) is 52.3 Å². The molecule has 0 spiro atoms. The number of carbonyl (C=O) groups is 1. The fourth-order valence-electron chi connectivity index (χ4n) is 1.70. The molecule has 0 heterocycles. The average molecular weight is 338 g/mol. The number of rotatable bonds is 3. The number of hydrogen-bond donors (Lipinski definition) is 3. The Kier molecular flexibility index (Phi) is 4.24. The molecule has 4 N–H and O–H groups in total. The van der Waals surface area contributed by atoms with Crippen molar-refractivity contribution in [2.75, 3.05) is 18.1 Å². The molecule has 0 aliphatic rings. The third-order valence-corrected chi connectivity index (χ3v) is 3.40. The van der Waals surface area contributed by atoms with Crippen LogP contribution in [-0.2, 0) is 0 Å². The van der Waals surface area contributed by atoms with E-state index in [0.29, 0.717) is 27.1 Å². The molecule has 0 saturated carbocycles. The number of hydrogen-bond acceptors (Lipinski definition) is 3. The molecular formula is C14H13BrFN3O. The molecule has 20 heavy (non-hydrogen) atoms. The fourth-order valence-corrected chi connectivity index (χ4v) is 2.15. The second-order valence-electron chi connectivity index (χ2n) is 4.13. The molecule has 0 atom stereocenters. The highest BCUT2D eigenvalue weighted by atomic mass is 79.9. The van der Waals surface area contributed by atoms with Crippen LogP contribution >= 0.6 is 15.9 Å². The number of nitrogens with one attached hydrogen (secondary N) is 2. The normalized spacial score (nSPS) is 10.2. The predicted molar refractivity (Wildman–Crippen MR) is 81.6 cm³/mol. The van der Waals surface area contributed by atoms with Gasteiger partial charge in [-0.25, -0.2) is 4.39 Å². The van der Waals surface area contributed by atoms with Crippen LogP contribution in [-0.4, -0.2) is 13.0 Å². The van der Waals surface area contributed by atoms with Gasteiger partial charge in [-0.2, -0.15) is 0 Å². The third-order valence-electron chi connectivity index (χ3n) is 2.74. The van der Waals surface area contributed by atoms with E-state index >= 15 is 0 Å². The first-order valence-corrected chi connectivity index (χ1v) is 6.64. The Hall–Kier alpha value is -2.08. The molecule has 2 aromatic carbocycles. The zero-order valence-electron chi connectivity index (χ0n) is 10.7. The third kappa shape index (κ3) is 3.08. The summed E-state index contributed by atoms with van der Waals surface area (Å²) in [4.78, 5) is 11.5. The van der Waals surface area contributed by atoms with Gasteiger partial charge in [0, 0.05) is 17.1 Å². The smallest absolute Gasteiger partial charge is 0.251 e. The number of anilines is 3. The van der Waals surface area contributed by atoms with Gasteiger partial charge in [0.2, 0.25) is 0 Å². The first-order chi connectivity index (χ1) is 9.51. The minimum Gasteiger partial charge on any atom is -0.397 e. The van der Waals surface area contributed by atoms with Crippen LogP contribution in [0.1, 0.15) is 10.4 Å². The van der Waals surface area contributed by atoms with Gasteiger partial charge in [-0.3, -0.25) is 4.79 Å². The van der Waals surface area contributed by atoms with Gasteiger partial charge < -0.3 is 16.4 Å². The molecule has 4 nitrogen and oxygen atoms in total. The second-order valence-corrected chi connectivity index (χ2v) is 4.98. The van der Waals surface area contributed by atoms with E-state index in [-0.39, 0.29) is 11.7 Å². The molecule has 2 rings (SSSR count). The van der Waals surface area contributed by atoms with Crippen molar-refractivity contribution in [2.45, 2.75) is 0 Å². The molecule has 6 heteroatoms. The van der Waals surface area contributed by atoms with Crippen LogP contribution in [0.2, 0.25) is 0 Å². The van der Waals surface area contributed by atoms with E-state index in [0.717, 1.165) is 0 Å². The van der Waals surface area contributed by atoms with Gasteiger partial charge >= 0.3 is 0 Å². The first kappa shape index (κ1) is 14.3. The second kappa shape index (κ2) is 5.92. The van der Waals surface area contributed by atoms with Crippen LogP contribution in [0.4, 0.5) is 21.5 Å². The largest absolute Gasteiger partial charge is 0.397 e. The highest BCUT2D eigenvalue weighted by Gasteiger charge is 2.08. The summed E-state index contributed by atoms with van der Waals surface area (Å²) in [6.45, 7) is 0. The molecule has 0 aliphatic carbocycles. The molecular weight excluding hydrogens is 325 g/mol. The van der Waals surface area contributed by atoms with Crippen molar-refractivity contribution >= 4 is 38.9 Å². The highest BCUT2D eigenvalue weighted by molar-refractivity contribution is 9.10. The highest BCUT2D eigenvalue weighted by Crippen LogP contribution is 2.29. The topological polar surface area (TPSA) is 67.2 Å². The summed E-state index contributed by atoms with van der Waals surface area (Å²) in [5, 5.41) is 5.61. The van der Waals surface area contributed by atoms with E-state index in [1.54, 1.807) is 31.3 Å². The Labute approximate surface area is 124 Å². The van der Waals surface area contributed by atoms with Crippen molar-refractivity contribution < 1.29 is 9.18 Å². The minimum atomic E-state index is -0.328. The summed E-state index contributed by atoms with van der Waals surface area (Å²) in [7, 11) is 1.56. The van der Waals surface area contributed by atoms with Gasteiger partial charge in [0.25, 0.3) is 5.91 Å². The molecule has 1 amide bonds. The van der Waals surface area contributed by atoms with Crippen molar-refractivity contribution in [1.82, 2.24) is 5.32 Å². The number of carbonyl (C=O) groups excluding carboxylic acids is 1. The van der Waals surface area contributed by atoms with E-state index in [2.05, 4.69) is 26.6 Å². The zero-order chi connectivity index (χ0) is 14.7. The van der Waals surface area contributed by atoms with Crippen LogP contribution in [0.5, 0.6) is 0 Å². The number of amides is 1. The summed E-state index contributed by atoms with van der Waals surface area (Å²) < 4.78 is 13.6. The quantitative estimate of drug-likeness (QED) is 0.753. The average Bonchev–Trinajstić information content (AvgIpc) is 2.42. The van der Waals surface area contributed by atoms with Gasteiger partial charge in [-0.15, -0.1) is 0 Å². The Morgan fingerprint density at radius 3 is 2.50 bits per heavy atom. The van der Waals surface area contributed by atoms with E-state index in [1.165, 1.54) is 12.1 Å². The molecule has 0 bridgehead atoms. The van der Waals surface area contributed by atoms with Gasteiger partial charge in [0.05, 0.1) is 17.1 Å². The zero-order valence-corrected chi connectivity index (χ0v) is 12.3. The molecule has 104 valence electrons. The molecule has 0 saturated heterocycles. The molecule has 2 aromatic rings. The number of halogens is 2. The number of nitrogen functional groups attached to an aromatic ring is 1. The van der Waals surface area contributed by atoms with Gasteiger partial charge in [-0.05, 0) is 52.3 Å². The monoisotopic (exact) mass is 337 g/mol. The van der Waals surface area contributed by atoms with Gasteiger partial charge in [0.15, 0.2) is 0 Å². The van der Waals surface area contributed by atoms with Crippen LogP contribution in [0.15, 0.2) is 40.9 Å². The van der Waals surface area contributed by atoms with Crippen molar-refractivity contribution in [3.63, 3.8) is 0 Å². The fraction of sp³-hybridized carbons (Fsp3) is 0.0714. The minimum absolute atomic E-state index is 0.203. The predicted octanol–water partition coefficient (Wildman–Crippen LogP) is 3.27. The lowest BCUT2D eigenvalue weighted by atomic mass is 10.1. The van der Waals surface area contributed by atoms with Crippen LogP contribution < -0.4 is 16.4 Å². The first-order valence-electron chi connectivity index (χ1n) is 5.85. The summed E-state index contributed by atoms with van der Waals surface area (Å²) >= 11 is 3.27. The molecule has 0 aromatic heterocycles. The van der Waals surface area contributed by atoms with E-state index < -0.39 is 0 Å². The Morgan fingerprint density at radius 1 is 1.20 bits per heavy atom. The maximum Gasteiger partial charge on any atom is 0.251 e. The maximum atomic E-state index is 13.0. The molecule has 0 radical (unpaired) electrons. The van der Waals surface area contributed by atoms with Crippen molar-refractivity contribution in [1.29, 1.82) is 0 Å². The molecule has 0 unspecified atom stereocenters. The van der Waals surface area contributed by atoms with Crippen LogP contribution in [0.3, 0.4) is 0 Å². The van der Waals surface area contributed by atoms with Crippen LogP contribution in [0.25, 0.3) is 0 Å². The van der Waals surface area contributed by atoms with Crippen molar-refractivity contribution in [2.24, 2.45) is 0 Å². The SMILES string of the molecule is CNC(=O)c1ccc(Nc2ccc(F)cc2Br)c(N)c1. The Morgan fingerprint density at radius 2 is 1.90 bits per heavy atom. The maximum absolute atomic E-state index is 13.0. The summed E-state index contributed by atoms with van der Waals surface area (Å²) in [5.74, 6) is -0.531. The van der Waals surface area contributed by atoms with Crippen LogP contribution in [0, 0.1) is 5.82 Å². The lowest BCUT2D eigenvalue weighted by Crippen LogP contribution is -2.17. The lowest BCUT2D eigenvalue weighted by molar-refractivity contribution is 0.0963. The molecule has 0 aliphatic heterocycles. The lowest BCUT2D eigenvalue weighted by Gasteiger charge is -2.12. The Balaban J connectivity index is 2.28. The standard InChI is InChI=1S/C14H13BrFN3O/c1-18-14(20)8-2-4-13(11(17)6-8)19-12-5-3-9(16)7-10(12)15/h2-7,19H,17H2,1H3,(H,18,20). The summed E-state index contributed by atoms with van der Waals surface area (Å²) in [5.41, 5.74) is 8.15. The van der Waals surface area contributed by atoms with E-state index in [1.807, 2.05) is 0 Å². The molecule has 0 fully saturated rings.